The van der Waals surface area contributed by atoms with Crippen molar-refractivity contribution in [2.45, 2.75) is 6.54 Å². The van der Waals surface area contributed by atoms with Crippen LogP contribution in [-0.2, 0) is 22.2 Å². The molecule has 1 aliphatic rings. The van der Waals surface area contributed by atoms with Gasteiger partial charge in [0.25, 0.3) is 11.1 Å². The van der Waals surface area contributed by atoms with Gasteiger partial charge in [0, 0.05) is 10.4 Å². The van der Waals surface area contributed by atoms with Gasteiger partial charge in [0.2, 0.25) is 5.43 Å². The first-order valence-electron chi connectivity index (χ1n) is 7.87. The Balaban J connectivity index is 1.85. The Bertz CT molecular complexity index is 1290. The number of nitrogens with zero attached hydrogens (tertiary/aromatic N) is 1. The third-order valence-electron chi connectivity index (χ3n) is 4.28. The fourth-order valence-electron chi connectivity index (χ4n) is 2.97. The molecule has 3 N–H and O–H groups in total. The lowest BCUT2D eigenvalue weighted by Crippen LogP contribution is -2.36. The van der Waals surface area contributed by atoms with Crippen LogP contribution in [0.1, 0.15) is 0 Å². The van der Waals surface area contributed by atoms with E-state index in [2.05, 4.69) is 15.4 Å². The standard InChI is InChI=1S/C16H11ClN4O5S/c17-7-1-2-8-9(5-7)19-12-11(13(8)23)15(25)21(20-14(12)24)3-4-27-10(22)6-18-16(27)26/h1-2,5H,3-4,6H2,(H2-,18,19,20,23,24,25,26)/p+1. The Hall–Kier alpha value is -2.85. The number of pyridine rings is 1. The number of amides is 1. The van der Waals surface area contributed by atoms with Crippen LogP contribution in [0.15, 0.2) is 32.6 Å². The Labute approximate surface area is 157 Å². The van der Waals surface area contributed by atoms with Crippen molar-refractivity contribution in [1.29, 1.82) is 0 Å². The van der Waals surface area contributed by atoms with E-state index in [9.17, 15) is 24.0 Å². The van der Waals surface area contributed by atoms with Crippen LogP contribution in [0.25, 0.3) is 21.8 Å². The van der Waals surface area contributed by atoms with Crippen molar-refractivity contribution in [3.8, 4) is 0 Å². The van der Waals surface area contributed by atoms with E-state index >= 15 is 0 Å². The van der Waals surface area contributed by atoms with Gasteiger partial charge in [-0.05, 0) is 18.2 Å². The maximum absolute atomic E-state index is 12.7. The summed E-state index contributed by atoms with van der Waals surface area (Å²) in [4.78, 5) is 64.0. The summed E-state index contributed by atoms with van der Waals surface area (Å²) in [7, 11) is -1.17. The third kappa shape index (κ3) is 2.86. The number of benzene rings is 1. The van der Waals surface area contributed by atoms with E-state index in [1.807, 2.05) is 0 Å². The normalized spacial score (nSPS) is 17.0. The lowest BCUT2D eigenvalue weighted by Gasteiger charge is -2.07. The highest BCUT2D eigenvalue weighted by molar-refractivity contribution is 8.23. The molecule has 3 heterocycles. The minimum absolute atomic E-state index is 0.0285. The molecule has 4 rings (SSSR count). The van der Waals surface area contributed by atoms with E-state index in [0.717, 1.165) is 4.68 Å². The zero-order valence-electron chi connectivity index (χ0n) is 13.6. The molecule has 9 nitrogen and oxygen atoms in total. The number of aromatic nitrogens is 3. The molecule has 1 amide bonds. The van der Waals surface area contributed by atoms with Gasteiger partial charge in [-0.3, -0.25) is 24.8 Å². The van der Waals surface area contributed by atoms with E-state index in [1.54, 1.807) is 0 Å². The van der Waals surface area contributed by atoms with E-state index in [-0.39, 0.29) is 45.5 Å². The molecule has 1 atom stereocenters. The molecule has 1 saturated heterocycles. The summed E-state index contributed by atoms with van der Waals surface area (Å²) < 4.78 is 0.966. The van der Waals surface area contributed by atoms with Crippen molar-refractivity contribution >= 4 is 54.7 Å². The number of rotatable bonds is 3. The first-order valence-corrected chi connectivity index (χ1v) is 9.64. The molecular weight excluding hydrogens is 396 g/mol. The molecule has 3 aromatic rings. The number of carbonyl (C=O) groups is 2. The summed E-state index contributed by atoms with van der Waals surface area (Å²) in [6, 6.07) is 4.49. The predicted octanol–water partition coefficient (Wildman–Crippen LogP) is 0.0528. The molecular formula is C16H12ClN4O5S+. The molecule has 11 heteroatoms. The highest BCUT2D eigenvalue weighted by Crippen LogP contribution is 2.16. The van der Waals surface area contributed by atoms with Crippen LogP contribution < -0.4 is 21.9 Å². The second-order valence-electron chi connectivity index (χ2n) is 5.90. The minimum atomic E-state index is -1.17. The van der Waals surface area contributed by atoms with E-state index < -0.39 is 27.4 Å². The van der Waals surface area contributed by atoms with Crippen molar-refractivity contribution in [1.82, 2.24) is 20.1 Å². The van der Waals surface area contributed by atoms with Crippen LogP contribution in [0.5, 0.6) is 0 Å². The average molecular weight is 408 g/mol. The highest BCUT2D eigenvalue weighted by atomic mass is 35.5. The van der Waals surface area contributed by atoms with E-state index in [0.29, 0.717) is 10.5 Å². The quantitative estimate of drug-likeness (QED) is 0.416. The van der Waals surface area contributed by atoms with Crippen LogP contribution in [-0.4, -0.2) is 37.4 Å². The van der Waals surface area contributed by atoms with Crippen LogP contribution in [0.2, 0.25) is 5.02 Å². The van der Waals surface area contributed by atoms with E-state index in [1.165, 1.54) is 18.2 Å². The number of hydrogen-bond acceptors (Lipinski definition) is 5. The maximum atomic E-state index is 12.7. The van der Waals surface area contributed by atoms with E-state index in [4.69, 9.17) is 11.6 Å². The molecule has 1 unspecified atom stereocenters. The average Bonchev–Trinajstić information content (AvgIpc) is 2.94. The summed E-state index contributed by atoms with van der Waals surface area (Å²) in [5.74, 6) is 0.0765. The monoisotopic (exact) mass is 407 g/mol. The van der Waals surface area contributed by atoms with Crippen molar-refractivity contribution in [2.24, 2.45) is 0 Å². The Kier molecular flexibility index (Phi) is 4.16. The topological polar surface area (TPSA) is 134 Å². The number of hydrogen-bond donors (Lipinski definition) is 3. The van der Waals surface area contributed by atoms with Gasteiger partial charge in [-0.2, -0.15) is 0 Å². The first-order chi connectivity index (χ1) is 12.9. The first kappa shape index (κ1) is 17.6. The molecule has 27 heavy (non-hydrogen) atoms. The van der Waals surface area contributed by atoms with Gasteiger partial charge in [-0.15, -0.1) is 0 Å². The molecule has 0 saturated carbocycles. The zero-order chi connectivity index (χ0) is 19.3. The van der Waals surface area contributed by atoms with Gasteiger partial charge >= 0.3 is 10.4 Å². The van der Waals surface area contributed by atoms with Crippen molar-refractivity contribution in [2.75, 3.05) is 12.3 Å². The molecule has 1 aromatic carbocycles. The number of H-pyrrole nitrogens is 2. The summed E-state index contributed by atoms with van der Waals surface area (Å²) in [6.07, 6.45) is 0. The summed E-state index contributed by atoms with van der Waals surface area (Å²) in [5, 5.41) is 4.54. The molecule has 0 bridgehead atoms. The predicted molar refractivity (Wildman–Crippen MR) is 103 cm³/mol. The van der Waals surface area contributed by atoms with Crippen molar-refractivity contribution in [3.63, 3.8) is 0 Å². The molecule has 1 aliphatic heterocycles. The molecule has 0 radical (unpaired) electrons. The van der Waals surface area contributed by atoms with Gasteiger partial charge in [0.15, 0.2) is 10.9 Å². The number of fused-ring (bicyclic) bond motifs is 2. The Morgan fingerprint density at radius 2 is 1.93 bits per heavy atom. The largest absolute Gasteiger partial charge is 0.438 e. The van der Waals surface area contributed by atoms with Gasteiger partial charge in [0.1, 0.15) is 23.2 Å². The summed E-state index contributed by atoms with van der Waals surface area (Å²) >= 11 is 5.91. The summed E-state index contributed by atoms with van der Waals surface area (Å²) in [5.41, 5.74) is -1.74. The fourth-order valence-corrected chi connectivity index (χ4v) is 4.62. The molecule has 0 aliphatic carbocycles. The number of aryl methyl sites for hydroxylation is 1. The van der Waals surface area contributed by atoms with Gasteiger partial charge in [-0.25, -0.2) is 14.3 Å². The molecule has 0 spiro atoms. The lowest BCUT2D eigenvalue weighted by atomic mass is 10.1. The fraction of sp³-hybridized carbons (Fsp3) is 0.188. The van der Waals surface area contributed by atoms with Crippen LogP contribution >= 0.6 is 11.6 Å². The number of carbonyl (C=O) groups excluding carboxylic acids is 2. The highest BCUT2D eigenvalue weighted by Gasteiger charge is 2.44. The lowest BCUT2D eigenvalue weighted by molar-refractivity contribution is -0.109. The van der Waals surface area contributed by atoms with Crippen LogP contribution in [0, 0.1) is 0 Å². The number of aromatic amines is 2. The number of nitrogens with one attached hydrogen (secondary N) is 3. The SMILES string of the molecule is O=C1CNC(=O)[S+]1CCn1[nH]c(=O)c2[nH]c3cc(Cl)ccc3c(=O)c2c1=O. The Morgan fingerprint density at radius 1 is 1.15 bits per heavy atom. The Morgan fingerprint density at radius 3 is 2.63 bits per heavy atom. The zero-order valence-corrected chi connectivity index (χ0v) is 15.2. The molecule has 2 aromatic heterocycles. The van der Waals surface area contributed by atoms with Crippen molar-refractivity contribution < 1.29 is 9.59 Å². The van der Waals surface area contributed by atoms with Gasteiger partial charge in [-0.1, -0.05) is 11.6 Å². The minimum Gasteiger partial charge on any atom is -0.350 e. The molecule has 1 fully saturated rings. The smallest absolute Gasteiger partial charge is 0.350 e. The number of halogens is 1. The summed E-state index contributed by atoms with van der Waals surface area (Å²) in [6.45, 7) is -0.0936. The van der Waals surface area contributed by atoms with Crippen molar-refractivity contribution in [3.05, 3.63) is 54.2 Å². The van der Waals surface area contributed by atoms with Gasteiger partial charge < -0.3 is 4.98 Å². The van der Waals surface area contributed by atoms with Crippen LogP contribution in [0.4, 0.5) is 4.79 Å². The molecule has 138 valence electrons. The second kappa shape index (κ2) is 6.39. The second-order valence-corrected chi connectivity index (χ2v) is 8.35. The van der Waals surface area contributed by atoms with Crippen LogP contribution in [0.3, 0.4) is 0 Å². The maximum Gasteiger partial charge on any atom is 0.438 e. The third-order valence-corrected chi connectivity index (χ3v) is 6.39. The van der Waals surface area contributed by atoms with Gasteiger partial charge in [0.05, 0.1) is 12.1 Å².